The van der Waals surface area contributed by atoms with Gasteiger partial charge in [0.15, 0.2) is 5.82 Å². The number of aryl methyl sites for hydroxylation is 1. The maximum Gasteiger partial charge on any atom is 0.223 e. The number of likely N-dealkylation sites (tertiary alicyclic amines) is 1. The van der Waals surface area contributed by atoms with Crippen LogP contribution in [0.15, 0.2) is 22.9 Å². The second kappa shape index (κ2) is 6.75. The molecule has 0 aromatic carbocycles. The standard InChI is InChI=1S/C16H20N6O/c1-12-19-15(20-23-12)11-22-7-3-4-14(10-22)21(2)16-6-5-13(8-17)9-18-16/h5-6,9,14H,3-4,7,10-11H2,1-2H3/t14-/m0/s1. The first-order valence-electron chi connectivity index (χ1n) is 7.76. The SMILES string of the molecule is Cc1nc(CN2CCC[C@H](N(C)c3ccc(C#N)cn3)C2)no1. The first kappa shape index (κ1) is 15.4. The van der Waals surface area contributed by atoms with E-state index in [2.05, 4.69) is 38.0 Å². The van der Waals surface area contributed by atoms with E-state index in [1.807, 2.05) is 12.1 Å². The van der Waals surface area contributed by atoms with E-state index in [0.717, 1.165) is 37.6 Å². The number of nitrogens with zero attached hydrogens (tertiary/aromatic N) is 6. The maximum absolute atomic E-state index is 8.86. The molecule has 2 aromatic heterocycles. The molecule has 1 saturated heterocycles. The molecule has 2 aromatic rings. The Morgan fingerprint density at radius 1 is 1.48 bits per heavy atom. The average molecular weight is 312 g/mol. The largest absolute Gasteiger partial charge is 0.355 e. The van der Waals surface area contributed by atoms with Crippen LogP contribution in [0.25, 0.3) is 0 Å². The van der Waals surface area contributed by atoms with E-state index in [0.29, 0.717) is 24.0 Å². The highest BCUT2D eigenvalue weighted by Gasteiger charge is 2.25. The fourth-order valence-corrected chi connectivity index (χ4v) is 2.94. The Morgan fingerprint density at radius 2 is 2.35 bits per heavy atom. The van der Waals surface area contributed by atoms with Crippen molar-refractivity contribution in [2.75, 3.05) is 25.0 Å². The Labute approximate surface area is 135 Å². The summed E-state index contributed by atoms with van der Waals surface area (Å²) in [6.45, 7) is 4.49. The first-order valence-corrected chi connectivity index (χ1v) is 7.76. The number of anilines is 1. The number of hydrogen-bond donors (Lipinski definition) is 0. The van der Waals surface area contributed by atoms with Crippen LogP contribution in [0.3, 0.4) is 0 Å². The normalized spacial score (nSPS) is 18.6. The molecule has 0 unspecified atom stereocenters. The van der Waals surface area contributed by atoms with Gasteiger partial charge >= 0.3 is 0 Å². The molecule has 1 aliphatic rings. The molecule has 120 valence electrons. The van der Waals surface area contributed by atoms with Crippen LogP contribution in [0.1, 0.15) is 30.1 Å². The van der Waals surface area contributed by atoms with Crippen molar-refractivity contribution in [3.05, 3.63) is 35.6 Å². The third-order valence-electron chi connectivity index (χ3n) is 4.20. The van der Waals surface area contributed by atoms with Gasteiger partial charge in [-0.15, -0.1) is 0 Å². The molecule has 1 fully saturated rings. The minimum atomic E-state index is 0.386. The summed E-state index contributed by atoms with van der Waals surface area (Å²) in [5.41, 5.74) is 0.583. The molecule has 7 nitrogen and oxygen atoms in total. The molecule has 3 heterocycles. The lowest BCUT2D eigenvalue weighted by molar-refractivity contribution is 0.192. The van der Waals surface area contributed by atoms with Crippen molar-refractivity contribution in [2.45, 2.75) is 32.4 Å². The summed E-state index contributed by atoms with van der Waals surface area (Å²) >= 11 is 0. The second-order valence-electron chi connectivity index (χ2n) is 5.89. The summed E-state index contributed by atoms with van der Waals surface area (Å²) in [4.78, 5) is 13.2. The quantitative estimate of drug-likeness (QED) is 0.850. The fraction of sp³-hybridized carbons (Fsp3) is 0.500. The van der Waals surface area contributed by atoms with Crippen molar-refractivity contribution < 1.29 is 4.52 Å². The predicted octanol–water partition coefficient (Wildman–Crippen LogP) is 1.75. The number of pyridine rings is 1. The summed E-state index contributed by atoms with van der Waals surface area (Å²) in [6.07, 6.45) is 3.87. The fourth-order valence-electron chi connectivity index (χ4n) is 2.94. The van der Waals surface area contributed by atoms with Crippen LogP contribution in [0.2, 0.25) is 0 Å². The topological polar surface area (TPSA) is 82.1 Å². The zero-order valence-corrected chi connectivity index (χ0v) is 13.4. The lowest BCUT2D eigenvalue weighted by Crippen LogP contribution is -2.46. The summed E-state index contributed by atoms with van der Waals surface area (Å²) in [6, 6.07) is 6.19. The van der Waals surface area contributed by atoms with Gasteiger partial charge < -0.3 is 9.42 Å². The van der Waals surface area contributed by atoms with Crippen LogP contribution < -0.4 is 4.90 Å². The van der Waals surface area contributed by atoms with E-state index in [1.54, 1.807) is 13.1 Å². The third kappa shape index (κ3) is 3.66. The van der Waals surface area contributed by atoms with Crippen molar-refractivity contribution in [3.8, 4) is 6.07 Å². The van der Waals surface area contributed by atoms with Crippen LogP contribution >= 0.6 is 0 Å². The molecular formula is C16H20N6O. The van der Waals surface area contributed by atoms with E-state index < -0.39 is 0 Å². The minimum absolute atomic E-state index is 0.386. The molecule has 0 aliphatic carbocycles. The second-order valence-corrected chi connectivity index (χ2v) is 5.89. The highest BCUT2D eigenvalue weighted by atomic mass is 16.5. The van der Waals surface area contributed by atoms with Gasteiger partial charge in [-0.05, 0) is 31.5 Å². The summed E-state index contributed by atoms with van der Waals surface area (Å²) in [5, 5.41) is 12.8. The third-order valence-corrected chi connectivity index (χ3v) is 4.20. The summed E-state index contributed by atoms with van der Waals surface area (Å²) < 4.78 is 5.04. The average Bonchev–Trinajstić information content (AvgIpc) is 2.99. The Kier molecular flexibility index (Phi) is 4.53. The molecule has 3 rings (SSSR count). The number of nitriles is 1. The molecule has 0 bridgehead atoms. The Morgan fingerprint density at radius 3 is 3.00 bits per heavy atom. The smallest absolute Gasteiger partial charge is 0.223 e. The number of aromatic nitrogens is 3. The number of hydrogen-bond acceptors (Lipinski definition) is 7. The highest BCUT2D eigenvalue weighted by Crippen LogP contribution is 2.21. The van der Waals surface area contributed by atoms with Gasteiger partial charge in [0.1, 0.15) is 11.9 Å². The first-order chi connectivity index (χ1) is 11.2. The van der Waals surface area contributed by atoms with Crippen LogP contribution in [0.4, 0.5) is 5.82 Å². The van der Waals surface area contributed by atoms with Gasteiger partial charge in [-0.3, -0.25) is 4.90 Å². The van der Waals surface area contributed by atoms with Crippen molar-refractivity contribution in [1.29, 1.82) is 5.26 Å². The molecular weight excluding hydrogens is 292 g/mol. The van der Waals surface area contributed by atoms with E-state index in [-0.39, 0.29) is 0 Å². The van der Waals surface area contributed by atoms with Crippen LogP contribution in [0.5, 0.6) is 0 Å². The summed E-state index contributed by atoms with van der Waals surface area (Å²) in [5.74, 6) is 2.24. The van der Waals surface area contributed by atoms with Crippen molar-refractivity contribution in [1.82, 2.24) is 20.0 Å². The monoisotopic (exact) mass is 312 g/mol. The zero-order chi connectivity index (χ0) is 16.2. The minimum Gasteiger partial charge on any atom is -0.355 e. The van der Waals surface area contributed by atoms with Crippen molar-refractivity contribution >= 4 is 5.82 Å². The number of piperidine rings is 1. The molecule has 0 radical (unpaired) electrons. The molecule has 1 atom stereocenters. The van der Waals surface area contributed by atoms with Crippen molar-refractivity contribution in [2.24, 2.45) is 0 Å². The Balaban J connectivity index is 1.64. The van der Waals surface area contributed by atoms with Crippen molar-refractivity contribution in [3.63, 3.8) is 0 Å². The van der Waals surface area contributed by atoms with Gasteiger partial charge in [0, 0.05) is 32.8 Å². The molecule has 23 heavy (non-hydrogen) atoms. The van der Waals surface area contributed by atoms with Gasteiger partial charge in [0.05, 0.1) is 12.1 Å². The van der Waals surface area contributed by atoms with E-state index >= 15 is 0 Å². The molecule has 0 saturated carbocycles. The molecule has 0 N–H and O–H groups in total. The summed E-state index contributed by atoms with van der Waals surface area (Å²) in [7, 11) is 2.06. The number of likely N-dealkylation sites (N-methyl/N-ethyl adjacent to an activating group) is 1. The molecule has 0 spiro atoms. The lowest BCUT2D eigenvalue weighted by Gasteiger charge is -2.37. The Hall–Kier alpha value is -2.46. The van der Waals surface area contributed by atoms with E-state index in [9.17, 15) is 0 Å². The van der Waals surface area contributed by atoms with Gasteiger partial charge in [0.2, 0.25) is 5.89 Å². The molecule has 7 heteroatoms. The van der Waals surface area contributed by atoms with Gasteiger partial charge in [-0.25, -0.2) is 4.98 Å². The van der Waals surface area contributed by atoms with Crippen LogP contribution in [0, 0.1) is 18.3 Å². The number of rotatable bonds is 4. The molecule has 0 amide bonds. The highest BCUT2D eigenvalue weighted by molar-refractivity contribution is 5.42. The van der Waals surface area contributed by atoms with Crippen LogP contribution in [-0.4, -0.2) is 46.2 Å². The van der Waals surface area contributed by atoms with E-state index in [1.165, 1.54) is 0 Å². The predicted molar refractivity (Wildman–Crippen MR) is 84.7 cm³/mol. The molecule has 1 aliphatic heterocycles. The van der Waals surface area contributed by atoms with Gasteiger partial charge in [-0.1, -0.05) is 5.16 Å². The van der Waals surface area contributed by atoms with Gasteiger partial charge in [-0.2, -0.15) is 10.2 Å². The Bertz CT molecular complexity index is 689. The van der Waals surface area contributed by atoms with Gasteiger partial charge in [0.25, 0.3) is 0 Å². The zero-order valence-electron chi connectivity index (χ0n) is 13.4. The lowest BCUT2D eigenvalue weighted by atomic mass is 10.0. The van der Waals surface area contributed by atoms with E-state index in [4.69, 9.17) is 9.78 Å². The maximum atomic E-state index is 8.86. The van der Waals surface area contributed by atoms with Crippen LogP contribution in [-0.2, 0) is 6.54 Å².